The minimum Gasteiger partial charge on any atom is -0.494 e. The zero-order valence-corrected chi connectivity index (χ0v) is 11.4. The Kier molecular flexibility index (Phi) is 5.06. The Morgan fingerprint density at radius 3 is 2.39 bits per heavy atom. The van der Waals surface area contributed by atoms with Crippen LogP contribution in [0.5, 0.6) is 11.5 Å². The molecule has 98 valence electrons. The lowest BCUT2D eigenvalue weighted by Crippen LogP contribution is -2.14. The summed E-state index contributed by atoms with van der Waals surface area (Å²) in [6.45, 7) is 8.32. The zero-order valence-electron chi connectivity index (χ0n) is 11.4. The molecule has 0 heterocycles. The van der Waals surface area contributed by atoms with Gasteiger partial charge in [0.05, 0.1) is 18.8 Å². The molecule has 0 spiro atoms. The summed E-state index contributed by atoms with van der Waals surface area (Å²) in [7, 11) is 0. The summed E-state index contributed by atoms with van der Waals surface area (Å²) in [5.74, 6) is 7.17. The van der Waals surface area contributed by atoms with Crippen LogP contribution in [0.25, 0.3) is 0 Å². The highest BCUT2D eigenvalue weighted by molar-refractivity contribution is 5.50. The van der Waals surface area contributed by atoms with Gasteiger partial charge < -0.3 is 14.6 Å². The second-order valence-corrected chi connectivity index (χ2v) is 4.33. The second kappa shape index (κ2) is 6.32. The van der Waals surface area contributed by atoms with Gasteiger partial charge in [0.1, 0.15) is 17.1 Å². The van der Waals surface area contributed by atoms with Crippen LogP contribution in [0.4, 0.5) is 0 Å². The van der Waals surface area contributed by atoms with Crippen LogP contribution >= 0.6 is 0 Å². The summed E-state index contributed by atoms with van der Waals surface area (Å²) in [4.78, 5) is 0. The molecule has 1 aromatic carbocycles. The highest BCUT2D eigenvalue weighted by Crippen LogP contribution is 2.23. The molecule has 1 aromatic rings. The molecule has 18 heavy (non-hydrogen) atoms. The van der Waals surface area contributed by atoms with Gasteiger partial charge in [-0.05, 0) is 45.9 Å². The van der Waals surface area contributed by atoms with Gasteiger partial charge in [-0.3, -0.25) is 0 Å². The van der Waals surface area contributed by atoms with Crippen LogP contribution in [0.2, 0.25) is 0 Å². The van der Waals surface area contributed by atoms with Gasteiger partial charge in [-0.1, -0.05) is 11.8 Å². The highest BCUT2D eigenvalue weighted by atomic mass is 16.5. The Bertz CT molecular complexity index is 447. The van der Waals surface area contributed by atoms with Crippen LogP contribution in [-0.2, 0) is 0 Å². The number of ether oxygens (including phenoxy) is 2. The van der Waals surface area contributed by atoms with Gasteiger partial charge in [0.2, 0.25) is 0 Å². The molecule has 0 aliphatic carbocycles. The largest absolute Gasteiger partial charge is 0.494 e. The Balaban J connectivity index is 3.09. The molecule has 0 aliphatic rings. The fourth-order valence-corrected chi connectivity index (χ4v) is 1.36. The predicted molar refractivity (Wildman–Crippen MR) is 72.0 cm³/mol. The van der Waals surface area contributed by atoms with Gasteiger partial charge in [0.25, 0.3) is 0 Å². The molecule has 0 unspecified atom stereocenters. The molecule has 3 nitrogen and oxygen atoms in total. The van der Waals surface area contributed by atoms with Crippen molar-refractivity contribution in [2.75, 3.05) is 13.2 Å². The van der Waals surface area contributed by atoms with Crippen molar-refractivity contribution in [3.8, 4) is 23.3 Å². The number of hydrogen-bond acceptors (Lipinski definition) is 3. The van der Waals surface area contributed by atoms with Crippen molar-refractivity contribution in [1.29, 1.82) is 0 Å². The lowest BCUT2D eigenvalue weighted by Gasteiger charge is -2.10. The van der Waals surface area contributed by atoms with Gasteiger partial charge in [-0.25, -0.2) is 0 Å². The van der Waals surface area contributed by atoms with Crippen LogP contribution in [0.3, 0.4) is 0 Å². The van der Waals surface area contributed by atoms with Gasteiger partial charge in [-0.15, -0.1) is 0 Å². The number of rotatable bonds is 4. The zero-order chi connectivity index (χ0) is 13.6. The number of hydrogen-bond donors (Lipinski definition) is 1. The van der Waals surface area contributed by atoms with Gasteiger partial charge in [0, 0.05) is 0 Å². The van der Waals surface area contributed by atoms with Crippen molar-refractivity contribution in [1.82, 2.24) is 0 Å². The van der Waals surface area contributed by atoms with E-state index in [0.29, 0.717) is 19.0 Å². The summed E-state index contributed by atoms with van der Waals surface area (Å²) >= 11 is 0. The maximum absolute atomic E-state index is 9.63. The third-order valence-electron chi connectivity index (χ3n) is 2.06. The van der Waals surface area contributed by atoms with E-state index >= 15 is 0 Å². The summed E-state index contributed by atoms with van der Waals surface area (Å²) in [5, 5.41) is 9.63. The lowest BCUT2D eigenvalue weighted by atomic mass is 10.1. The van der Waals surface area contributed by atoms with Crippen molar-refractivity contribution >= 4 is 0 Å². The first-order valence-electron chi connectivity index (χ1n) is 6.11. The number of aliphatic hydroxyl groups is 1. The van der Waals surface area contributed by atoms with Crippen LogP contribution in [0, 0.1) is 11.8 Å². The lowest BCUT2D eigenvalue weighted by molar-refractivity contribution is 0.143. The van der Waals surface area contributed by atoms with Crippen molar-refractivity contribution < 1.29 is 14.6 Å². The van der Waals surface area contributed by atoms with E-state index < -0.39 is 5.60 Å². The SMILES string of the molecule is CCOc1ccc(OCC)c(C#CC(C)(C)O)c1. The van der Waals surface area contributed by atoms with Crippen molar-refractivity contribution in [3.05, 3.63) is 23.8 Å². The molecule has 0 fully saturated rings. The molecule has 1 rings (SSSR count). The number of benzene rings is 1. The van der Waals surface area contributed by atoms with Crippen LogP contribution in [0.1, 0.15) is 33.3 Å². The van der Waals surface area contributed by atoms with Crippen molar-refractivity contribution in [2.45, 2.75) is 33.3 Å². The molecule has 0 saturated carbocycles. The molecule has 0 aromatic heterocycles. The molecule has 1 N–H and O–H groups in total. The Morgan fingerprint density at radius 2 is 1.83 bits per heavy atom. The third kappa shape index (κ3) is 4.68. The molecule has 0 atom stereocenters. The maximum atomic E-state index is 9.63. The monoisotopic (exact) mass is 248 g/mol. The van der Waals surface area contributed by atoms with Crippen molar-refractivity contribution in [3.63, 3.8) is 0 Å². The van der Waals surface area contributed by atoms with Crippen molar-refractivity contribution in [2.24, 2.45) is 0 Å². The standard InChI is InChI=1S/C15H20O3/c1-5-17-13-7-8-14(18-6-2)12(11-13)9-10-15(3,4)16/h7-8,11,16H,5-6H2,1-4H3. The molecule has 0 aliphatic heterocycles. The minimum atomic E-state index is -1.02. The van der Waals surface area contributed by atoms with E-state index in [1.807, 2.05) is 32.0 Å². The van der Waals surface area contributed by atoms with Gasteiger partial charge in [0.15, 0.2) is 0 Å². The third-order valence-corrected chi connectivity index (χ3v) is 2.06. The normalized spacial score (nSPS) is 10.5. The highest BCUT2D eigenvalue weighted by Gasteiger charge is 2.08. The molecule has 0 bridgehead atoms. The topological polar surface area (TPSA) is 38.7 Å². The molecular weight excluding hydrogens is 228 g/mol. The van der Waals surface area contributed by atoms with E-state index in [0.717, 1.165) is 11.3 Å². The molecule has 0 saturated heterocycles. The predicted octanol–water partition coefficient (Wildman–Crippen LogP) is 2.61. The van der Waals surface area contributed by atoms with Crippen LogP contribution in [0.15, 0.2) is 18.2 Å². The minimum absolute atomic E-state index is 0.575. The van der Waals surface area contributed by atoms with E-state index in [9.17, 15) is 5.11 Å². The smallest absolute Gasteiger partial charge is 0.135 e. The van der Waals surface area contributed by atoms with Crippen LogP contribution in [-0.4, -0.2) is 23.9 Å². The first kappa shape index (κ1) is 14.4. The van der Waals surface area contributed by atoms with Gasteiger partial charge >= 0.3 is 0 Å². The van der Waals surface area contributed by atoms with E-state index in [1.54, 1.807) is 13.8 Å². The Labute approximate surface area is 109 Å². The first-order chi connectivity index (χ1) is 8.46. The average molecular weight is 248 g/mol. The summed E-state index contributed by atoms with van der Waals surface area (Å²) < 4.78 is 10.9. The molecular formula is C15H20O3. The van der Waals surface area contributed by atoms with E-state index in [2.05, 4.69) is 11.8 Å². The fourth-order valence-electron chi connectivity index (χ4n) is 1.36. The summed E-state index contributed by atoms with van der Waals surface area (Å²) in [5.41, 5.74) is -0.296. The molecule has 0 radical (unpaired) electrons. The van der Waals surface area contributed by atoms with Crippen LogP contribution < -0.4 is 9.47 Å². The quantitative estimate of drug-likeness (QED) is 0.832. The van der Waals surface area contributed by atoms with E-state index in [4.69, 9.17) is 9.47 Å². The van der Waals surface area contributed by atoms with E-state index in [1.165, 1.54) is 0 Å². The average Bonchev–Trinajstić information content (AvgIpc) is 2.29. The second-order valence-electron chi connectivity index (χ2n) is 4.33. The Morgan fingerprint density at radius 1 is 1.17 bits per heavy atom. The maximum Gasteiger partial charge on any atom is 0.135 e. The van der Waals surface area contributed by atoms with Gasteiger partial charge in [-0.2, -0.15) is 0 Å². The first-order valence-corrected chi connectivity index (χ1v) is 6.11. The fraction of sp³-hybridized carbons (Fsp3) is 0.467. The molecule has 3 heteroatoms. The summed E-state index contributed by atoms with van der Waals surface area (Å²) in [6.07, 6.45) is 0. The Hall–Kier alpha value is -1.66. The summed E-state index contributed by atoms with van der Waals surface area (Å²) in [6, 6.07) is 5.51. The van der Waals surface area contributed by atoms with E-state index in [-0.39, 0.29) is 0 Å². The molecule has 0 amide bonds.